The van der Waals surface area contributed by atoms with Gasteiger partial charge in [0.1, 0.15) is 12.7 Å². The molecule has 1 aromatic rings. The van der Waals surface area contributed by atoms with Crippen LogP contribution in [0, 0.1) is 0 Å². The maximum atomic E-state index is 11.9. The van der Waals surface area contributed by atoms with E-state index in [4.69, 9.17) is 9.47 Å². The number of carbonyl (C=O) groups excluding carboxylic acids is 1. The first-order valence-corrected chi connectivity index (χ1v) is 7.53. The molecule has 1 saturated heterocycles. The van der Waals surface area contributed by atoms with Gasteiger partial charge in [-0.15, -0.1) is 0 Å². The Balaban J connectivity index is 1.90. The molecule has 0 unspecified atom stereocenters. The predicted molar refractivity (Wildman–Crippen MR) is 81.5 cm³/mol. The molecule has 0 aliphatic carbocycles. The first-order chi connectivity index (χ1) is 10.2. The highest BCUT2D eigenvalue weighted by atomic mass is 16.6. The molecule has 0 aromatic heterocycles. The van der Waals surface area contributed by atoms with Crippen LogP contribution >= 0.6 is 0 Å². The highest BCUT2D eigenvalue weighted by Crippen LogP contribution is 2.37. The molecule has 0 bridgehead atoms. The molecular formula is C17H24O5. The summed E-state index contributed by atoms with van der Waals surface area (Å²) in [7, 11) is 0. The molecule has 2 N–H and O–H groups in total. The van der Waals surface area contributed by atoms with E-state index in [1.807, 2.05) is 6.07 Å². The molecule has 0 amide bonds. The van der Waals surface area contributed by atoms with Crippen LogP contribution in [0.5, 0.6) is 0 Å². The smallest absolute Gasteiger partial charge is 0.338 e. The Hall–Kier alpha value is -1.43. The highest BCUT2D eigenvalue weighted by Gasteiger charge is 2.46. The van der Waals surface area contributed by atoms with Gasteiger partial charge in [-0.1, -0.05) is 18.2 Å². The minimum absolute atomic E-state index is 0.136. The molecule has 5 heteroatoms. The van der Waals surface area contributed by atoms with Gasteiger partial charge in [0.25, 0.3) is 0 Å². The summed E-state index contributed by atoms with van der Waals surface area (Å²) in [6.45, 7) is 5.01. The third kappa shape index (κ3) is 3.85. The Labute approximate surface area is 130 Å². The largest absolute Gasteiger partial charge is 0.459 e. The lowest BCUT2D eigenvalue weighted by atomic mass is 9.94. The molecule has 0 spiro atoms. The summed E-state index contributed by atoms with van der Waals surface area (Å²) < 4.78 is 11.0. The summed E-state index contributed by atoms with van der Waals surface area (Å²) in [6.07, 6.45) is -0.0143. The number of hydrogen-bond acceptors (Lipinski definition) is 5. The van der Waals surface area contributed by atoms with Crippen LogP contribution in [0.4, 0.5) is 0 Å². The third-order valence-corrected chi connectivity index (χ3v) is 4.19. The van der Waals surface area contributed by atoms with Crippen molar-refractivity contribution in [2.24, 2.45) is 0 Å². The van der Waals surface area contributed by atoms with Gasteiger partial charge in [0.05, 0.1) is 22.9 Å². The Morgan fingerprint density at radius 1 is 1.45 bits per heavy atom. The van der Waals surface area contributed by atoms with Crippen LogP contribution in [-0.4, -0.2) is 46.2 Å². The Kier molecular flexibility index (Phi) is 4.90. The number of carbonyl (C=O) groups is 1. The Bertz CT molecular complexity index is 508. The number of ether oxygens (including phenoxy) is 2. The highest BCUT2D eigenvalue weighted by molar-refractivity contribution is 5.89. The number of esters is 1. The second-order valence-corrected chi connectivity index (χ2v) is 6.59. The first-order valence-electron chi connectivity index (χ1n) is 7.53. The average Bonchev–Trinajstić information content (AvgIpc) is 2.89. The molecule has 1 aliphatic heterocycles. The zero-order chi connectivity index (χ0) is 16.4. The average molecular weight is 308 g/mol. The van der Waals surface area contributed by atoms with Crippen LogP contribution in [-0.2, 0) is 9.47 Å². The van der Waals surface area contributed by atoms with Crippen molar-refractivity contribution in [3.05, 3.63) is 35.9 Å². The number of benzene rings is 1. The molecule has 122 valence electrons. The van der Waals surface area contributed by atoms with E-state index < -0.39 is 23.3 Å². The summed E-state index contributed by atoms with van der Waals surface area (Å²) in [5.41, 5.74) is -1.33. The van der Waals surface area contributed by atoms with Crippen molar-refractivity contribution in [3.63, 3.8) is 0 Å². The lowest BCUT2D eigenvalue weighted by Gasteiger charge is -2.33. The number of aliphatic hydroxyl groups is 2. The van der Waals surface area contributed by atoms with Crippen LogP contribution in [0.25, 0.3) is 0 Å². The summed E-state index contributed by atoms with van der Waals surface area (Å²) in [6, 6.07) is 8.64. The molecule has 1 aliphatic rings. The van der Waals surface area contributed by atoms with E-state index >= 15 is 0 Å². The molecule has 3 atom stereocenters. The van der Waals surface area contributed by atoms with Crippen LogP contribution < -0.4 is 0 Å². The zero-order valence-corrected chi connectivity index (χ0v) is 13.3. The van der Waals surface area contributed by atoms with E-state index in [0.717, 1.165) is 0 Å². The van der Waals surface area contributed by atoms with E-state index in [0.29, 0.717) is 18.4 Å². The quantitative estimate of drug-likeness (QED) is 0.813. The monoisotopic (exact) mass is 308 g/mol. The minimum atomic E-state index is -0.960. The zero-order valence-electron chi connectivity index (χ0n) is 13.3. The topological polar surface area (TPSA) is 76.0 Å². The minimum Gasteiger partial charge on any atom is -0.459 e. The van der Waals surface area contributed by atoms with E-state index in [2.05, 4.69) is 0 Å². The lowest BCUT2D eigenvalue weighted by Crippen LogP contribution is -2.45. The summed E-state index contributed by atoms with van der Waals surface area (Å²) >= 11 is 0. The van der Waals surface area contributed by atoms with Crippen molar-refractivity contribution >= 4 is 5.97 Å². The van der Waals surface area contributed by atoms with Gasteiger partial charge in [0.2, 0.25) is 0 Å². The molecule has 1 aromatic carbocycles. The van der Waals surface area contributed by atoms with Crippen LogP contribution in [0.1, 0.15) is 44.0 Å². The second-order valence-electron chi connectivity index (χ2n) is 6.59. The molecule has 1 fully saturated rings. The van der Waals surface area contributed by atoms with Crippen molar-refractivity contribution in [2.45, 2.75) is 57.0 Å². The number of hydrogen-bond donors (Lipinski definition) is 2. The number of aliphatic hydroxyl groups excluding tert-OH is 1. The van der Waals surface area contributed by atoms with Gasteiger partial charge >= 0.3 is 5.97 Å². The van der Waals surface area contributed by atoms with Gasteiger partial charge in [-0.05, 0) is 45.7 Å². The standard InChI is InChI=1S/C17H24O5/c1-16(2,20)14-9-10-17(3,22-14)13(18)11-21-15(19)12-7-5-4-6-8-12/h4-8,13-14,18,20H,9-11H2,1-3H3/t13-,14+,17-/m0/s1. The van der Waals surface area contributed by atoms with Gasteiger partial charge in [-0.25, -0.2) is 4.79 Å². The van der Waals surface area contributed by atoms with Gasteiger partial charge in [0.15, 0.2) is 0 Å². The predicted octanol–water partition coefficient (Wildman–Crippen LogP) is 1.91. The second kappa shape index (κ2) is 6.36. The van der Waals surface area contributed by atoms with Crippen molar-refractivity contribution in [2.75, 3.05) is 6.61 Å². The van der Waals surface area contributed by atoms with Crippen LogP contribution in [0.2, 0.25) is 0 Å². The fourth-order valence-corrected chi connectivity index (χ4v) is 2.59. The molecule has 0 radical (unpaired) electrons. The molecule has 22 heavy (non-hydrogen) atoms. The van der Waals surface area contributed by atoms with E-state index in [-0.39, 0.29) is 12.7 Å². The Morgan fingerprint density at radius 3 is 2.64 bits per heavy atom. The number of rotatable bonds is 5. The van der Waals surface area contributed by atoms with E-state index in [1.165, 1.54) is 0 Å². The summed E-state index contributed by atoms with van der Waals surface area (Å²) in [5.74, 6) is -0.472. The van der Waals surface area contributed by atoms with Crippen molar-refractivity contribution < 1.29 is 24.5 Å². The van der Waals surface area contributed by atoms with Gasteiger partial charge < -0.3 is 19.7 Å². The van der Waals surface area contributed by atoms with E-state index in [9.17, 15) is 15.0 Å². The van der Waals surface area contributed by atoms with E-state index in [1.54, 1.807) is 45.0 Å². The molecule has 0 saturated carbocycles. The fourth-order valence-electron chi connectivity index (χ4n) is 2.59. The molecule has 2 rings (SSSR count). The summed E-state index contributed by atoms with van der Waals surface area (Å²) in [4.78, 5) is 11.9. The molecule has 1 heterocycles. The van der Waals surface area contributed by atoms with Gasteiger partial charge in [-0.2, -0.15) is 0 Å². The van der Waals surface area contributed by atoms with Crippen LogP contribution in [0.15, 0.2) is 30.3 Å². The maximum Gasteiger partial charge on any atom is 0.338 e. The van der Waals surface area contributed by atoms with Crippen molar-refractivity contribution in [1.82, 2.24) is 0 Å². The van der Waals surface area contributed by atoms with Gasteiger partial charge in [-0.3, -0.25) is 0 Å². The Morgan fingerprint density at radius 2 is 2.09 bits per heavy atom. The lowest BCUT2D eigenvalue weighted by molar-refractivity contribution is -0.160. The first kappa shape index (κ1) is 16.9. The molecule has 5 nitrogen and oxygen atoms in total. The third-order valence-electron chi connectivity index (χ3n) is 4.19. The SMILES string of the molecule is CC(C)(O)[C@H]1CC[C@@](C)([C@@H](O)COC(=O)c2ccccc2)O1. The normalized spacial score (nSPS) is 26.7. The van der Waals surface area contributed by atoms with Crippen molar-refractivity contribution in [1.29, 1.82) is 0 Å². The fraction of sp³-hybridized carbons (Fsp3) is 0.588. The molecular weight excluding hydrogens is 284 g/mol. The van der Waals surface area contributed by atoms with Gasteiger partial charge in [0, 0.05) is 0 Å². The van der Waals surface area contributed by atoms with Crippen molar-refractivity contribution in [3.8, 4) is 0 Å². The summed E-state index contributed by atoms with van der Waals surface area (Å²) in [5, 5.41) is 20.3. The maximum absolute atomic E-state index is 11.9. The van der Waals surface area contributed by atoms with Crippen LogP contribution in [0.3, 0.4) is 0 Å².